The number of rotatable bonds is 3. The van der Waals surface area contributed by atoms with E-state index in [1.54, 1.807) is 6.07 Å². The summed E-state index contributed by atoms with van der Waals surface area (Å²) in [6.07, 6.45) is 2.65. The van der Waals surface area contributed by atoms with Crippen LogP contribution in [0.2, 0.25) is 0 Å². The number of alkyl carbamates (subject to hydrolysis) is 1. The topological polar surface area (TPSA) is 44.8 Å². The quantitative estimate of drug-likeness (QED) is 0.907. The molecule has 1 unspecified atom stereocenters. The lowest BCUT2D eigenvalue weighted by Crippen LogP contribution is -2.40. The molecule has 1 aromatic carbocycles. The first kappa shape index (κ1) is 17.8. The van der Waals surface area contributed by atoms with Crippen molar-refractivity contribution in [3.05, 3.63) is 24.0 Å². The molecule has 2 fully saturated rings. The monoisotopic (exact) mass is 349 g/mol. The minimum absolute atomic E-state index is 0.0181. The molecule has 3 rings (SSSR count). The van der Waals surface area contributed by atoms with E-state index in [1.807, 2.05) is 26.8 Å². The molecule has 0 bridgehead atoms. The number of halogens is 1. The maximum atomic E-state index is 14.5. The Hall–Kier alpha value is -1.98. The molecule has 2 saturated heterocycles. The van der Waals surface area contributed by atoms with Crippen molar-refractivity contribution in [3.63, 3.8) is 0 Å². The normalized spacial score (nSPS) is 20.9. The molecule has 2 aliphatic heterocycles. The molecule has 0 aromatic heterocycles. The van der Waals surface area contributed by atoms with Crippen LogP contribution in [0.5, 0.6) is 0 Å². The maximum absolute atomic E-state index is 14.5. The van der Waals surface area contributed by atoms with Crippen molar-refractivity contribution in [3.8, 4) is 0 Å². The number of ether oxygens (including phenoxy) is 1. The lowest BCUT2D eigenvalue weighted by Gasteiger charge is -2.28. The highest BCUT2D eigenvalue weighted by Crippen LogP contribution is 2.36. The van der Waals surface area contributed by atoms with Gasteiger partial charge in [-0.05, 0) is 52.2 Å². The molecule has 0 aliphatic carbocycles. The number of amides is 1. The van der Waals surface area contributed by atoms with Gasteiger partial charge in [-0.2, -0.15) is 0 Å². The maximum Gasteiger partial charge on any atom is 0.407 e. The number of para-hydroxylation sites is 1. The molecule has 5 nitrogen and oxygen atoms in total. The second-order valence-corrected chi connectivity index (χ2v) is 7.88. The number of carbonyl (C=O) groups excluding carboxylic acids is 1. The molecule has 1 aromatic rings. The van der Waals surface area contributed by atoms with Crippen molar-refractivity contribution in [1.29, 1.82) is 0 Å². The van der Waals surface area contributed by atoms with Crippen molar-refractivity contribution in [2.24, 2.45) is 0 Å². The fourth-order valence-corrected chi connectivity index (χ4v) is 3.58. The summed E-state index contributed by atoms with van der Waals surface area (Å²) in [7, 11) is 0. The summed E-state index contributed by atoms with van der Waals surface area (Å²) in [5.41, 5.74) is 1.13. The van der Waals surface area contributed by atoms with Crippen LogP contribution in [-0.2, 0) is 4.74 Å². The van der Waals surface area contributed by atoms with E-state index in [9.17, 15) is 9.18 Å². The van der Waals surface area contributed by atoms with E-state index in [1.165, 1.54) is 6.07 Å². The van der Waals surface area contributed by atoms with Crippen molar-refractivity contribution >= 4 is 17.5 Å². The molecule has 1 amide bonds. The van der Waals surface area contributed by atoms with Gasteiger partial charge in [0.1, 0.15) is 11.4 Å². The second kappa shape index (κ2) is 7.10. The van der Waals surface area contributed by atoms with Gasteiger partial charge in [0.05, 0.1) is 17.4 Å². The Balaban J connectivity index is 1.68. The minimum atomic E-state index is -0.506. The number of hydrogen-bond donors (Lipinski definition) is 1. The van der Waals surface area contributed by atoms with E-state index in [0.717, 1.165) is 44.6 Å². The average Bonchev–Trinajstić information content (AvgIpc) is 3.16. The van der Waals surface area contributed by atoms with Crippen molar-refractivity contribution < 1.29 is 13.9 Å². The first-order valence-electron chi connectivity index (χ1n) is 9.11. The van der Waals surface area contributed by atoms with E-state index < -0.39 is 11.7 Å². The summed E-state index contributed by atoms with van der Waals surface area (Å²) in [5, 5.41) is 2.93. The highest BCUT2D eigenvalue weighted by Gasteiger charge is 2.29. The zero-order valence-corrected chi connectivity index (χ0v) is 15.3. The fraction of sp³-hybridized carbons (Fsp3) is 0.632. The SMILES string of the molecule is CC(C)(C)OC(=O)NC1CCN(c2cccc(F)c2N2CCCC2)C1. The molecule has 0 radical (unpaired) electrons. The summed E-state index contributed by atoms with van der Waals surface area (Å²) in [6, 6.07) is 5.29. The average molecular weight is 349 g/mol. The fourth-order valence-electron chi connectivity index (χ4n) is 3.58. The van der Waals surface area contributed by atoms with E-state index in [2.05, 4.69) is 15.1 Å². The van der Waals surface area contributed by atoms with Gasteiger partial charge >= 0.3 is 6.09 Å². The number of hydrogen-bond acceptors (Lipinski definition) is 4. The summed E-state index contributed by atoms with van der Waals surface area (Å²) in [6.45, 7) is 8.82. The van der Waals surface area contributed by atoms with E-state index in [4.69, 9.17) is 4.74 Å². The zero-order valence-electron chi connectivity index (χ0n) is 15.3. The Labute approximate surface area is 149 Å². The highest BCUT2D eigenvalue weighted by atomic mass is 19.1. The minimum Gasteiger partial charge on any atom is -0.444 e. The van der Waals surface area contributed by atoms with Gasteiger partial charge < -0.3 is 19.9 Å². The molecule has 6 heteroatoms. The van der Waals surface area contributed by atoms with Crippen molar-refractivity contribution in [2.45, 2.75) is 51.7 Å². The Morgan fingerprint density at radius 2 is 1.92 bits per heavy atom. The molecular weight excluding hydrogens is 321 g/mol. The van der Waals surface area contributed by atoms with Crippen LogP contribution in [0.15, 0.2) is 18.2 Å². The van der Waals surface area contributed by atoms with Crippen molar-refractivity contribution in [1.82, 2.24) is 5.32 Å². The lowest BCUT2D eigenvalue weighted by atomic mass is 10.2. The van der Waals surface area contributed by atoms with Gasteiger partial charge in [-0.3, -0.25) is 0 Å². The first-order valence-corrected chi connectivity index (χ1v) is 9.11. The van der Waals surface area contributed by atoms with E-state index in [0.29, 0.717) is 12.2 Å². The van der Waals surface area contributed by atoms with Crippen LogP contribution in [0.4, 0.5) is 20.6 Å². The van der Waals surface area contributed by atoms with Crippen LogP contribution in [0.25, 0.3) is 0 Å². The third kappa shape index (κ3) is 4.35. The number of anilines is 2. The number of nitrogens with zero attached hydrogens (tertiary/aromatic N) is 2. The summed E-state index contributed by atoms with van der Waals surface area (Å²) < 4.78 is 19.8. The molecule has 25 heavy (non-hydrogen) atoms. The molecule has 1 N–H and O–H groups in total. The van der Waals surface area contributed by atoms with Gasteiger partial charge in [0, 0.05) is 26.2 Å². The van der Waals surface area contributed by atoms with Gasteiger partial charge in [0.25, 0.3) is 0 Å². The molecular formula is C19H28FN3O2. The van der Waals surface area contributed by atoms with Crippen LogP contribution < -0.4 is 15.1 Å². The van der Waals surface area contributed by atoms with Crippen LogP contribution >= 0.6 is 0 Å². The van der Waals surface area contributed by atoms with Crippen molar-refractivity contribution in [2.75, 3.05) is 36.0 Å². The number of nitrogens with one attached hydrogen (secondary N) is 1. The molecule has 1 atom stereocenters. The van der Waals surface area contributed by atoms with Gasteiger partial charge in [-0.25, -0.2) is 9.18 Å². The van der Waals surface area contributed by atoms with Gasteiger partial charge in [0.15, 0.2) is 0 Å². The highest BCUT2D eigenvalue weighted by molar-refractivity contribution is 5.73. The zero-order chi connectivity index (χ0) is 18.0. The predicted octanol–water partition coefficient (Wildman–Crippen LogP) is 3.53. The largest absolute Gasteiger partial charge is 0.444 e. The van der Waals surface area contributed by atoms with Crippen LogP contribution in [0, 0.1) is 5.82 Å². The Kier molecular flexibility index (Phi) is 5.06. The Morgan fingerprint density at radius 1 is 1.20 bits per heavy atom. The third-order valence-corrected chi connectivity index (χ3v) is 4.64. The standard InChI is InChI=1S/C19H28FN3O2/c1-19(2,3)25-18(24)21-14-9-12-23(13-14)16-8-6-7-15(20)17(16)22-10-4-5-11-22/h6-8,14H,4-5,9-13H2,1-3H3,(H,21,24). The van der Waals surface area contributed by atoms with Crippen LogP contribution in [0.3, 0.4) is 0 Å². The molecule has 0 saturated carbocycles. The predicted molar refractivity (Wildman–Crippen MR) is 97.8 cm³/mol. The van der Waals surface area contributed by atoms with Crippen LogP contribution in [-0.4, -0.2) is 43.9 Å². The van der Waals surface area contributed by atoms with Gasteiger partial charge in [-0.1, -0.05) is 6.07 Å². The second-order valence-electron chi connectivity index (χ2n) is 7.88. The summed E-state index contributed by atoms with van der Waals surface area (Å²) in [4.78, 5) is 16.3. The van der Waals surface area contributed by atoms with Gasteiger partial charge in [0.2, 0.25) is 0 Å². The van der Waals surface area contributed by atoms with E-state index in [-0.39, 0.29) is 11.9 Å². The number of carbonyl (C=O) groups is 1. The third-order valence-electron chi connectivity index (χ3n) is 4.64. The summed E-state index contributed by atoms with van der Waals surface area (Å²) >= 11 is 0. The lowest BCUT2D eigenvalue weighted by molar-refractivity contribution is 0.0509. The molecule has 138 valence electrons. The van der Waals surface area contributed by atoms with Crippen LogP contribution in [0.1, 0.15) is 40.0 Å². The summed E-state index contributed by atoms with van der Waals surface area (Å²) in [5.74, 6) is -0.164. The Morgan fingerprint density at radius 3 is 2.60 bits per heavy atom. The molecule has 2 aliphatic rings. The molecule has 2 heterocycles. The number of benzene rings is 1. The Bertz CT molecular complexity index is 624. The molecule has 0 spiro atoms. The van der Waals surface area contributed by atoms with E-state index >= 15 is 0 Å². The first-order chi connectivity index (χ1) is 11.8. The van der Waals surface area contributed by atoms with Gasteiger partial charge in [-0.15, -0.1) is 0 Å². The smallest absolute Gasteiger partial charge is 0.407 e.